The van der Waals surface area contributed by atoms with Crippen molar-refractivity contribution in [3.05, 3.63) is 137 Å². The third-order valence-corrected chi connectivity index (χ3v) is 14.4. The van der Waals surface area contributed by atoms with Crippen LogP contribution in [-0.2, 0) is 15.3 Å². The Morgan fingerprint density at radius 3 is 1.67 bits per heavy atom. The molecule has 2 heterocycles. The molecule has 4 amide bonds. The molecule has 4 aliphatic carbocycles. The summed E-state index contributed by atoms with van der Waals surface area (Å²) in [5, 5.41) is 0. The lowest BCUT2D eigenvalue weighted by Gasteiger charge is -2.57. The van der Waals surface area contributed by atoms with E-state index < -0.39 is 33.5 Å². The molecule has 0 radical (unpaired) electrons. The molecule has 0 saturated heterocycles. The summed E-state index contributed by atoms with van der Waals surface area (Å²) in [5.41, 5.74) is 2.83. The molecule has 11 heteroatoms. The molecule has 4 bridgehead atoms. The minimum Gasteiger partial charge on any atom is -0.457 e. The normalized spacial score (nSPS) is 23.3. The predicted molar refractivity (Wildman–Crippen MR) is 210 cm³/mol. The number of anilines is 1. The van der Waals surface area contributed by atoms with Crippen LogP contribution in [0.15, 0.2) is 113 Å². The second-order valence-electron chi connectivity index (χ2n) is 16.4. The quantitative estimate of drug-likeness (QED) is 0.143. The van der Waals surface area contributed by atoms with Crippen LogP contribution < -0.4 is 14.4 Å². The number of imide groups is 2. The van der Waals surface area contributed by atoms with Gasteiger partial charge in [0.25, 0.3) is 23.6 Å². The van der Waals surface area contributed by atoms with Crippen LogP contribution in [0.2, 0.25) is 0 Å². The number of amides is 4. The Kier molecular flexibility index (Phi) is 7.89. The molecule has 6 aliphatic rings. The van der Waals surface area contributed by atoms with Gasteiger partial charge in [-0.2, -0.15) is 0 Å². The Bertz CT molecular complexity index is 2650. The number of rotatable bonds is 8. The number of carbonyl (C=O) groups is 4. The first kappa shape index (κ1) is 35.4. The fourth-order valence-electron chi connectivity index (χ4n) is 10.3. The number of aryl methyl sites for hydroxylation is 1. The summed E-state index contributed by atoms with van der Waals surface area (Å²) < 4.78 is 40.4. The average Bonchev–Trinajstić information content (AvgIpc) is 3.58. The number of carbonyl (C=O) groups excluding carboxylic acids is 4. The fraction of sp³-hybridized carbons (Fsp3) is 0.261. The molecule has 10 nitrogen and oxygen atoms in total. The van der Waals surface area contributed by atoms with Crippen LogP contribution in [0.1, 0.15) is 91.1 Å². The van der Waals surface area contributed by atoms with Crippen molar-refractivity contribution in [2.75, 3.05) is 11.9 Å². The summed E-state index contributed by atoms with van der Waals surface area (Å²) in [4.78, 5) is 53.7. The van der Waals surface area contributed by atoms with Crippen LogP contribution in [0, 0.1) is 24.7 Å². The third kappa shape index (κ3) is 5.69. The number of hydrogen-bond donors (Lipinski definition) is 0. The highest BCUT2D eigenvalue weighted by Crippen LogP contribution is 2.62. The molecule has 0 atom stereocenters. The topological polar surface area (TPSA) is 127 Å². The van der Waals surface area contributed by atoms with Crippen molar-refractivity contribution < 1.29 is 37.1 Å². The van der Waals surface area contributed by atoms with Crippen molar-refractivity contribution >= 4 is 39.2 Å². The highest BCUT2D eigenvalue weighted by Gasteiger charge is 2.52. The zero-order valence-corrected chi connectivity index (χ0v) is 32.2. The summed E-state index contributed by atoms with van der Waals surface area (Å²) in [7, 11) is -2.90. The number of sulfone groups is 1. The lowest BCUT2D eigenvalue weighted by atomic mass is 9.48. The number of nitrogens with zero attached hydrogens (tertiary/aromatic N) is 2. The van der Waals surface area contributed by atoms with Gasteiger partial charge in [0.15, 0.2) is 0 Å². The average molecular weight is 779 g/mol. The molecular weight excluding hydrogens is 741 g/mol. The lowest BCUT2D eigenvalue weighted by Crippen LogP contribution is -2.48. The molecule has 286 valence electrons. The second-order valence-corrected chi connectivity index (χ2v) is 18.3. The number of ether oxygens (including phenoxy) is 2. The van der Waals surface area contributed by atoms with Crippen molar-refractivity contribution in [1.29, 1.82) is 0 Å². The Balaban J connectivity index is 0.903. The number of benzene rings is 5. The van der Waals surface area contributed by atoms with Crippen molar-refractivity contribution in [2.45, 2.75) is 60.7 Å². The van der Waals surface area contributed by atoms with Gasteiger partial charge < -0.3 is 9.47 Å². The summed E-state index contributed by atoms with van der Waals surface area (Å²) in [6, 6.07) is 28.3. The summed E-state index contributed by atoms with van der Waals surface area (Å²) in [6.07, 6.45) is 7.44. The van der Waals surface area contributed by atoms with E-state index in [2.05, 4.69) is 25.1 Å². The molecule has 5 aromatic carbocycles. The Hall–Kier alpha value is -6.07. The van der Waals surface area contributed by atoms with E-state index in [9.17, 15) is 27.6 Å². The smallest absolute Gasteiger partial charge is 0.266 e. The molecule has 0 unspecified atom stereocenters. The Labute approximate surface area is 329 Å². The fourth-order valence-corrected chi connectivity index (χ4v) is 11.6. The molecule has 0 aromatic heterocycles. The van der Waals surface area contributed by atoms with E-state index in [1.165, 1.54) is 73.8 Å². The van der Waals surface area contributed by atoms with Gasteiger partial charge >= 0.3 is 0 Å². The van der Waals surface area contributed by atoms with Crippen LogP contribution >= 0.6 is 0 Å². The molecule has 0 spiro atoms. The molecule has 0 N–H and O–H groups in total. The maximum absolute atomic E-state index is 13.7. The van der Waals surface area contributed by atoms with E-state index in [0.29, 0.717) is 17.2 Å². The van der Waals surface area contributed by atoms with Crippen LogP contribution in [0.4, 0.5) is 5.69 Å². The first-order chi connectivity index (χ1) is 27.4. The lowest BCUT2D eigenvalue weighted by molar-refractivity contribution is -0.00606. The van der Waals surface area contributed by atoms with E-state index >= 15 is 0 Å². The minimum absolute atomic E-state index is 0.0122. The molecule has 5 aromatic rings. The van der Waals surface area contributed by atoms with E-state index in [1.807, 2.05) is 24.3 Å². The largest absolute Gasteiger partial charge is 0.457 e. The van der Waals surface area contributed by atoms with Gasteiger partial charge in [-0.15, -0.1) is 0 Å². The summed E-state index contributed by atoms with van der Waals surface area (Å²) in [6.45, 7) is 2.06. The maximum atomic E-state index is 13.7. The predicted octanol–water partition coefficient (Wildman–Crippen LogP) is 8.91. The molecule has 11 rings (SSSR count). The Morgan fingerprint density at radius 1 is 0.561 bits per heavy atom. The summed E-state index contributed by atoms with van der Waals surface area (Å²) >= 11 is 0. The van der Waals surface area contributed by atoms with E-state index in [1.54, 1.807) is 24.3 Å². The van der Waals surface area contributed by atoms with Gasteiger partial charge in [0.2, 0.25) is 9.84 Å². The van der Waals surface area contributed by atoms with Crippen molar-refractivity contribution in [1.82, 2.24) is 4.90 Å². The van der Waals surface area contributed by atoms with Crippen LogP contribution in [0.25, 0.3) is 0 Å². The minimum atomic E-state index is -4.22. The second kappa shape index (κ2) is 12.7. The van der Waals surface area contributed by atoms with Gasteiger partial charge in [0.1, 0.15) is 23.0 Å². The highest BCUT2D eigenvalue weighted by molar-refractivity contribution is 7.91. The van der Waals surface area contributed by atoms with Crippen LogP contribution in [-0.4, -0.2) is 44.0 Å². The SMILES string of the molecule is Cc1ccc(Oc2ccc(Oc3ccc(N4C(=O)c5ccc(S(=O)(=O)c6ccc7c(c6)C(=O)N(C)C7=O)cc5C4=O)cc3)cc2C23CC4CC(CC(C4)C2)C3)cc1. The van der Waals surface area contributed by atoms with E-state index in [0.717, 1.165) is 58.3 Å². The first-order valence-corrected chi connectivity index (χ1v) is 20.8. The molecular formula is C46H38N2O8S. The van der Waals surface area contributed by atoms with Gasteiger partial charge in [0, 0.05) is 12.6 Å². The summed E-state index contributed by atoms with van der Waals surface area (Å²) in [5.74, 6) is 2.71. The van der Waals surface area contributed by atoms with Gasteiger partial charge in [0.05, 0.1) is 37.7 Å². The molecule has 4 saturated carbocycles. The highest BCUT2D eigenvalue weighted by atomic mass is 32.2. The number of hydrogen-bond acceptors (Lipinski definition) is 8. The maximum Gasteiger partial charge on any atom is 0.266 e. The van der Waals surface area contributed by atoms with Crippen LogP contribution in [0.3, 0.4) is 0 Å². The van der Waals surface area contributed by atoms with Gasteiger partial charge in [-0.05, 0) is 160 Å². The molecule has 57 heavy (non-hydrogen) atoms. The molecule has 2 aliphatic heterocycles. The zero-order chi connectivity index (χ0) is 39.4. The first-order valence-electron chi connectivity index (χ1n) is 19.3. The van der Waals surface area contributed by atoms with E-state index in [-0.39, 0.29) is 37.5 Å². The van der Waals surface area contributed by atoms with Gasteiger partial charge in [-0.1, -0.05) is 17.7 Å². The van der Waals surface area contributed by atoms with Crippen LogP contribution in [0.5, 0.6) is 23.0 Å². The Morgan fingerprint density at radius 2 is 1.05 bits per heavy atom. The van der Waals surface area contributed by atoms with Gasteiger partial charge in [-0.3, -0.25) is 24.1 Å². The third-order valence-electron chi connectivity index (χ3n) is 12.7. The zero-order valence-electron chi connectivity index (χ0n) is 31.4. The van der Waals surface area contributed by atoms with Crippen molar-refractivity contribution in [3.63, 3.8) is 0 Å². The van der Waals surface area contributed by atoms with E-state index in [4.69, 9.17) is 9.47 Å². The number of fused-ring (bicyclic) bond motifs is 2. The van der Waals surface area contributed by atoms with Gasteiger partial charge in [-0.25, -0.2) is 13.3 Å². The van der Waals surface area contributed by atoms with Crippen molar-refractivity contribution in [3.8, 4) is 23.0 Å². The van der Waals surface area contributed by atoms with Crippen molar-refractivity contribution in [2.24, 2.45) is 17.8 Å². The monoisotopic (exact) mass is 778 g/mol. The standard InChI is InChI=1S/C46H38N2O8S/c1-26-3-7-32(8-4-26)56-41-16-11-33(20-40(41)46-23-27-17-28(24-46)19-29(18-27)25-46)55-31-9-5-30(6-10-31)48-44(51)37-15-13-35(22-39(37)45(48)52)57(53,54)34-12-14-36-38(21-34)43(50)47(2)42(36)49/h3-16,20-22,27-29H,17-19,23-25H2,1-2H3. The molecule has 4 fully saturated rings.